The molecule has 2 rings (SSSR count). The molecule has 21 heavy (non-hydrogen) atoms. The van der Waals surface area contributed by atoms with Crippen LogP contribution >= 0.6 is 11.6 Å². The molecule has 0 amide bonds. The number of hydrogen-bond acceptors (Lipinski definition) is 6. The van der Waals surface area contributed by atoms with Gasteiger partial charge in [-0.3, -0.25) is 14.9 Å². The largest absolute Gasteiger partial charge is 0.469 e. The number of benzene rings is 1. The molecule has 0 unspecified atom stereocenters. The molecular formula is C13H14ClNO6. The Hall–Kier alpha value is -1.70. The van der Waals surface area contributed by atoms with Gasteiger partial charge in [0.2, 0.25) is 0 Å². The van der Waals surface area contributed by atoms with Crippen molar-refractivity contribution in [3.8, 4) is 0 Å². The lowest BCUT2D eigenvalue weighted by molar-refractivity contribution is -0.385. The molecule has 7 nitrogen and oxygen atoms in total. The van der Waals surface area contributed by atoms with Crippen LogP contribution in [0.1, 0.15) is 12.0 Å². The first-order valence-corrected chi connectivity index (χ1v) is 6.62. The van der Waals surface area contributed by atoms with Crippen molar-refractivity contribution in [2.24, 2.45) is 0 Å². The van der Waals surface area contributed by atoms with Crippen LogP contribution in [0.2, 0.25) is 5.02 Å². The monoisotopic (exact) mass is 315 g/mol. The van der Waals surface area contributed by atoms with Crippen molar-refractivity contribution in [3.63, 3.8) is 0 Å². The van der Waals surface area contributed by atoms with E-state index in [4.69, 9.17) is 21.1 Å². The van der Waals surface area contributed by atoms with Gasteiger partial charge in [-0.2, -0.15) is 0 Å². The van der Waals surface area contributed by atoms with E-state index >= 15 is 0 Å². The number of para-hydroxylation sites is 1. The van der Waals surface area contributed by atoms with Crippen molar-refractivity contribution in [2.75, 3.05) is 20.3 Å². The molecule has 0 saturated carbocycles. The first-order chi connectivity index (χ1) is 9.97. The zero-order valence-electron chi connectivity index (χ0n) is 11.3. The van der Waals surface area contributed by atoms with E-state index in [2.05, 4.69) is 4.74 Å². The molecule has 0 aliphatic carbocycles. The van der Waals surface area contributed by atoms with Crippen LogP contribution < -0.4 is 0 Å². The van der Waals surface area contributed by atoms with Gasteiger partial charge in [0.05, 0.1) is 31.7 Å². The van der Waals surface area contributed by atoms with Crippen LogP contribution in [0.5, 0.6) is 0 Å². The molecule has 0 radical (unpaired) electrons. The Labute approximate surface area is 125 Å². The summed E-state index contributed by atoms with van der Waals surface area (Å²) >= 11 is 5.87. The van der Waals surface area contributed by atoms with Gasteiger partial charge in [-0.15, -0.1) is 0 Å². The number of carbonyl (C=O) groups is 1. The van der Waals surface area contributed by atoms with Gasteiger partial charge in [-0.25, -0.2) is 0 Å². The summed E-state index contributed by atoms with van der Waals surface area (Å²) in [6.45, 7) is 0.622. The number of rotatable bonds is 5. The first kappa shape index (κ1) is 15.7. The van der Waals surface area contributed by atoms with Crippen LogP contribution in [-0.2, 0) is 25.4 Å². The fourth-order valence-corrected chi connectivity index (χ4v) is 2.52. The van der Waals surface area contributed by atoms with Gasteiger partial charge in [0, 0.05) is 12.0 Å². The molecule has 8 heteroatoms. The normalized spacial score (nSPS) is 16.7. The first-order valence-electron chi connectivity index (χ1n) is 6.24. The van der Waals surface area contributed by atoms with Crippen LogP contribution in [-0.4, -0.2) is 37.0 Å². The molecule has 1 heterocycles. The highest BCUT2D eigenvalue weighted by atomic mass is 35.5. The summed E-state index contributed by atoms with van der Waals surface area (Å²) in [6.07, 6.45) is -0.105. The van der Waals surface area contributed by atoms with Gasteiger partial charge in [-0.1, -0.05) is 23.7 Å². The van der Waals surface area contributed by atoms with Crippen molar-refractivity contribution in [1.82, 2.24) is 0 Å². The second kappa shape index (κ2) is 6.38. The summed E-state index contributed by atoms with van der Waals surface area (Å²) in [5.74, 6) is -1.76. The van der Waals surface area contributed by atoms with Crippen molar-refractivity contribution >= 4 is 23.3 Å². The third-order valence-electron chi connectivity index (χ3n) is 3.17. The predicted molar refractivity (Wildman–Crippen MR) is 73.1 cm³/mol. The zero-order valence-corrected chi connectivity index (χ0v) is 12.1. The van der Waals surface area contributed by atoms with E-state index in [1.807, 2.05) is 0 Å². The quantitative estimate of drug-likeness (QED) is 0.469. The highest BCUT2D eigenvalue weighted by Crippen LogP contribution is 2.35. The molecule has 1 aromatic carbocycles. The average Bonchev–Trinajstić information content (AvgIpc) is 2.86. The molecule has 1 aliphatic heterocycles. The lowest BCUT2D eigenvalue weighted by Gasteiger charge is -2.26. The van der Waals surface area contributed by atoms with E-state index in [0.29, 0.717) is 18.8 Å². The summed E-state index contributed by atoms with van der Waals surface area (Å²) < 4.78 is 15.6. The number of methoxy groups -OCH3 is 1. The van der Waals surface area contributed by atoms with Crippen molar-refractivity contribution < 1.29 is 23.9 Å². The molecule has 0 bridgehead atoms. The highest BCUT2D eigenvalue weighted by Gasteiger charge is 2.41. The maximum atomic E-state index is 11.5. The second-order valence-electron chi connectivity index (χ2n) is 4.54. The number of halogens is 1. The fraction of sp³-hybridized carbons (Fsp3) is 0.462. The molecule has 0 atom stereocenters. The molecule has 1 fully saturated rings. The molecule has 0 N–H and O–H groups in total. The Kier molecular flexibility index (Phi) is 4.76. The minimum Gasteiger partial charge on any atom is -0.469 e. The minimum atomic E-state index is -1.25. The van der Waals surface area contributed by atoms with E-state index in [9.17, 15) is 14.9 Å². The standard InChI is InChI=1S/C13H14ClNO6/c1-19-11(16)8-13(20-5-6-21-13)7-9-3-2-4-10(14)12(9)15(17)18/h2-4H,5-8H2,1H3. The summed E-state index contributed by atoms with van der Waals surface area (Å²) in [5.41, 5.74) is 0.140. The Morgan fingerprint density at radius 2 is 2.14 bits per heavy atom. The number of nitro groups is 1. The third kappa shape index (κ3) is 3.49. The topological polar surface area (TPSA) is 87.9 Å². The van der Waals surface area contributed by atoms with E-state index < -0.39 is 16.7 Å². The lowest BCUT2D eigenvalue weighted by atomic mass is 10.0. The highest BCUT2D eigenvalue weighted by molar-refractivity contribution is 6.32. The van der Waals surface area contributed by atoms with E-state index in [0.717, 1.165) is 0 Å². The third-order valence-corrected chi connectivity index (χ3v) is 3.47. The molecule has 0 aromatic heterocycles. The number of hydrogen-bond donors (Lipinski definition) is 0. The number of nitrogens with zero attached hydrogens (tertiary/aromatic N) is 1. The predicted octanol–water partition coefficient (Wildman–Crippen LogP) is 2.10. The Bertz CT molecular complexity index is 556. The molecule has 1 aliphatic rings. The molecule has 0 spiro atoms. The van der Waals surface area contributed by atoms with Crippen LogP contribution in [0.15, 0.2) is 18.2 Å². The smallest absolute Gasteiger partial charge is 0.311 e. The van der Waals surface area contributed by atoms with Crippen molar-refractivity contribution in [2.45, 2.75) is 18.6 Å². The molecule has 1 aromatic rings. The van der Waals surface area contributed by atoms with Gasteiger partial charge in [0.25, 0.3) is 5.69 Å². The summed E-state index contributed by atoms with van der Waals surface area (Å²) in [6, 6.07) is 4.60. The summed E-state index contributed by atoms with van der Waals surface area (Å²) in [5, 5.41) is 11.2. The number of nitro benzene ring substituents is 1. The fourth-order valence-electron chi connectivity index (χ4n) is 2.25. The molecule has 1 saturated heterocycles. The van der Waals surface area contributed by atoms with E-state index in [1.54, 1.807) is 12.1 Å². The van der Waals surface area contributed by atoms with Gasteiger partial charge in [0.15, 0.2) is 5.79 Å². The van der Waals surface area contributed by atoms with Gasteiger partial charge in [-0.05, 0) is 6.07 Å². The molecular weight excluding hydrogens is 302 g/mol. The zero-order chi connectivity index (χ0) is 15.5. The number of carbonyl (C=O) groups excluding carboxylic acids is 1. The van der Waals surface area contributed by atoms with Crippen LogP contribution in [0.3, 0.4) is 0 Å². The maximum absolute atomic E-state index is 11.5. The lowest BCUT2D eigenvalue weighted by Crippen LogP contribution is -2.36. The second-order valence-corrected chi connectivity index (χ2v) is 4.95. The van der Waals surface area contributed by atoms with E-state index in [-0.39, 0.29) is 23.6 Å². The van der Waals surface area contributed by atoms with Gasteiger partial charge >= 0.3 is 5.97 Å². The van der Waals surface area contributed by atoms with Gasteiger partial charge in [0.1, 0.15) is 5.02 Å². The Balaban J connectivity index is 2.32. The van der Waals surface area contributed by atoms with Crippen LogP contribution in [0, 0.1) is 10.1 Å². The number of esters is 1. The SMILES string of the molecule is COC(=O)CC1(Cc2cccc(Cl)c2[N+](=O)[O-])OCCO1. The Morgan fingerprint density at radius 3 is 2.71 bits per heavy atom. The van der Waals surface area contributed by atoms with Gasteiger partial charge < -0.3 is 14.2 Å². The maximum Gasteiger partial charge on any atom is 0.311 e. The summed E-state index contributed by atoms with van der Waals surface area (Å²) in [7, 11) is 1.26. The van der Waals surface area contributed by atoms with Crippen LogP contribution in [0.25, 0.3) is 0 Å². The van der Waals surface area contributed by atoms with E-state index in [1.165, 1.54) is 13.2 Å². The van der Waals surface area contributed by atoms with Crippen molar-refractivity contribution in [3.05, 3.63) is 38.9 Å². The minimum absolute atomic E-state index is 0.0312. The molecule has 114 valence electrons. The van der Waals surface area contributed by atoms with Crippen LogP contribution in [0.4, 0.5) is 5.69 Å². The summed E-state index contributed by atoms with van der Waals surface area (Å²) in [4.78, 5) is 22.1. The Morgan fingerprint density at radius 1 is 1.48 bits per heavy atom. The average molecular weight is 316 g/mol. The van der Waals surface area contributed by atoms with Crippen molar-refractivity contribution in [1.29, 1.82) is 0 Å². The number of ether oxygens (including phenoxy) is 3.